The third-order valence-corrected chi connectivity index (χ3v) is 4.48. The van der Waals surface area contributed by atoms with Gasteiger partial charge >= 0.3 is 0 Å². The molecule has 1 unspecified atom stereocenters. The lowest BCUT2D eigenvalue weighted by molar-refractivity contribution is 0.164. The van der Waals surface area contributed by atoms with Crippen molar-refractivity contribution in [3.05, 3.63) is 42.5 Å². The van der Waals surface area contributed by atoms with Gasteiger partial charge in [0.05, 0.1) is 13.2 Å². The van der Waals surface area contributed by atoms with Gasteiger partial charge < -0.3 is 15.4 Å². The molecule has 1 heterocycles. The fraction of sp³-hybridized carbons (Fsp3) is 0.500. The summed E-state index contributed by atoms with van der Waals surface area (Å²) in [6.45, 7) is 7.47. The number of hydrogen-bond donors (Lipinski definition) is 2. The molecule has 0 radical (unpaired) electrons. The monoisotopic (exact) mass is 333 g/mol. The highest BCUT2D eigenvalue weighted by Gasteiger charge is 2.22. The second-order valence-corrected chi connectivity index (χ2v) is 6.17. The van der Waals surface area contributed by atoms with E-state index in [9.17, 15) is 0 Å². The predicted molar refractivity (Wildman–Crippen MR) is 100.0 cm³/mol. The zero-order valence-corrected chi connectivity index (χ0v) is 14.7. The number of methoxy groups -OCH3 is 1. The first kappa shape index (κ1) is 17.8. The van der Waals surface area contributed by atoms with Gasteiger partial charge in [0.15, 0.2) is 5.11 Å². The summed E-state index contributed by atoms with van der Waals surface area (Å²) in [6.07, 6.45) is 5.68. The Kier molecular flexibility index (Phi) is 7.36. The number of rotatable bonds is 7. The van der Waals surface area contributed by atoms with E-state index >= 15 is 0 Å². The molecule has 1 aliphatic heterocycles. The molecule has 5 heteroatoms. The van der Waals surface area contributed by atoms with Crippen LogP contribution in [0.5, 0.6) is 5.75 Å². The van der Waals surface area contributed by atoms with Crippen molar-refractivity contribution < 1.29 is 4.74 Å². The third kappa shape index (κ3) is 5.52. The van der Waals surface area contributed by atoms with Crippen LogP contribution in [0.2, 0.25) is 0 Å². The van der Waals surface area contributed by atoms with Crippen molar-refractivity contribution in [1.29, 1.82) is 0 Å². The highest BCUT2D eigenvalue weighted by atomic mass is 32.1. The minimum atomic E-state index is 0.324. The second-order valence-electron chi connectivity index (χ2n) is 5.77. The number of benzene rings is 1. The molecule has 0 bridgehead atoms. The largest absolute Gasteiger partial charge is 0.497 e. The molecular formula is C18H27N3OS. The van der Waals surface area contributed by atoms with Crippen molar-refractivity contribution in [1.82, 2.24) is 15.5 Å². The minimum Gasteiger partial charge on any atom is -0.497 e. The highest BCUT2D eigenvalue weighted by molar-refractivity contribution is 7.80. The molecule has 1 atom stereocenters. The molecule has 126 valence electrons. The molecule has 1 aliphatic rings. The van der Waals surface area contributed by atoms with Gasteiger partial charge in [-0.05, 0) is 55.8 Å². The van der Waals surface area contributed by atoms with Crippen LogP contribution in [0.1, 0.15) is 30.9 Å². The molecule has 0 amide bonds. The third-order valence-electron chi connectivity index (χ3n) is 4.19. The molecule has 2 rings (SSSR count). The lowest BCUT2D eigenvalue weighted by Gasteiger charge is -2.35. The topological polar surface area (TPSA) is 36.5 Å². The van der Waals surface area contributed by atoms with E-state index in [4.69, 9.17) is 17.0 Å². The first-order chi connectivity index (χ1) is 11.2. The van der Waals surface area contributed by atoms with Gasteiger partial charge in [-0.25, -0.2) is 0 Å². The number of piperidine rings is 1. The van der Waals surface area contributed by atoms with E-state index in [2.05, 4.69) is 34.2 Å². The predicted octanol–water partition coefficient (Wildman–Crippen LogP) is 2.87. The quantitative estimate of drug-likeness (QED) is 0.593. The van der Waals surface area contributed by atoms with Gasteiger partial charge in [0.25, 0.3) is 0 Å². The van der Waals surface area contributed by atoms with Gasteiger partial charge in [-0.15, -0.1) is 6.58 Å². The standard InChI is InChI=1S/C18H27N3OS/c1-3-11-19-18(23)20-14-17(21-12-5-4-6-13-21)15-7-9-16(22-2)10-8-15/h3,7-10,17H,1,4-6,11-14H2,2H3,(H2,19,20,23). The van der Waals surface area contributed by atoms with E-state index in [1.165, 1.54) is 24.8 Å². The van der Waals surface area contributed by atoms with Crippen LogP contribution in [0.4, 0.5) is 0 Å². The van der Waals surface area contributed by atoms with Crippen molar-refractivity contribution in [2.75, 3.05) is 33.3 Å². The molecule has 1 fully saturated rings. The number of nitrogens with zero attached hydrogens (tertiary/aromatic N) is 1. The van der Waals surface area contributed by atoms with Gasteiger partial charge in [0.2, 0.25) is 0 Å². The van der Waals surface area contributed by atoms with Crippen LogP contribution < -0.4 is 15.4 Å². The summed E-state index contributed by atoms with van der Waals surface area (Å²) in [6, 6.07) is 8.69. The van der Waals surface area contributed by atoms with Crippen LogP contribution in [-0.4, -0.2) is 43.3 Å². The maximum atomic E-state index is 5.32. The summed E-state index contributed by atoms with van der Waals surface area (Å²) in [4.78, 5) is 2.55. The van der Waals surface area contributed by atoms with Crippen LogP contribution in [0.3, 0.4) is 0 Å². The average molecular weight is 334 g/mol. The first-order valence-electron chi connectivity index (χ1n) is 8.25. The summed E-state index contributed by atoms with van der Waals surface area (Å²) >= 11 is 5.32. The van der Waals surface area contributed by atoms with E-state index in [1.54, 1.807) is 13.2 Å². The minimum absolute atomic E-state index is 0.324. The summed E-state index contributed by atoms with van der Waals surface area (Å²) in [5, 5.41) is 7.15. The van der Waals surface area contributed by atoms with E-state index in [-0.39, 0.29) is 0 Å². The normalized spacial score (nSPS) is 16.4. The number of likely N-dealkylation sites (tertiary alicyclic amines) is 1. The van der Waals surface area contributed by atoms with Crippen molar-refractivity contribution in [2.45, 2.75) is 25.3 Å². The van der Waals surface area contributed by atoms with Gasteiger partial charge in [-0.3, -0.25) is 4.90 Å². The average Bonchev–Trinajstić information content (AvgIpc) is 2.61. The summed E-state index contributed by atoms with van der Waals surface area (Å²) in [7, 11) is 1.70. The molecule has 1 saturated heterocycles. The van der Waals surface area contributed by atoms with Crippen LogP contribution in [0.15, 0.2) is 36.9 Å². The Morgan fingerprint density at radius 3 is 2.57 bits per heavy atom. The fourth-order valence-electron chi connectivity index (χ4n) is 2.93. The number of thiocarbonyl (C=S) groups is 1. The smallest absolute Gasteiger partial charge is 0.166 e. The molecule has 0 spiro atoms. The maximum Gasteiger partial charge on any atom is 0.166 e. The Labute approximate surface area is 144 Å². The first-order valence-corrected chi connectivity index (χ1v) is 8.66. The molecule has 1 aromatic rings. The fourth-order valence-corrected chi connectivity index (χ4v) is 3.10. The van der Waals surface area contributed by atoms with Gasteiger partial charge in [0.1, 0.15) is 5.75 Å². The molecule has 0 saturated carbocycles. The Bertz CT molecular complexity index is 497. The van der Waals surface area contributed by atoms with Crippen LogP contribution in [0.25, 0.3) is 0 Å². The van der Waals surface area contributed by atoms with Crippen LogP contribution in [0, 0.1) is 0 Å². The van der Waals surface area contributed by atoms with Crippen molar-refractivity contribution in [3.8, 4) is 5.75 Å². The summed E-state index contributed by atoms with van der Waals surface area (Å²) < 4.78 is 5.27. The molecule has 2 N–H and O–H groups in total. The Hall–Kier alpha value is -1.59. The van der Waals surface area contributed by atoms with E-state index in [0.717, 1.165) is 25.4 Å². The molecule has 23 heavy (non-hydrogen) atoms. The zero-order valence-electron chi connectivity index (χ0n) is 13.9. The van der Waals surface area contributed by atoms with E-state index in [1.807, 2.05) is 12.1 Å². The van der Waals surface area contributed by atoms with Crippen molar-refractivity contribution in [2.24, 2.45) is 0 Å². The Balaban J connectivity index is 2.04. The van der Waals surface area contributed by atoms with Crippen LogP contribution in [-0.2, 0) is 0 Å². The van der Waals surface area contributed by atoms with E-state index < -0.39 is 0 Å². The second kappa shape index (κ2) is 9.53. The van der Waals surface area contributed by atoms with Gasteiger partial charge in [-0.2, -0.15) is 0 Å². The molecule has 0 aromatic heterocycles. The summed E-state index contributed by atoms with van der Waals surface area (Å²) in [5.41, 5.74) is 1.30. The van der Waals surface area contributed by atoms with Crippen LogP contribution >= 0.6 is 12.2 Å². The van der Waals surface area contributed by atoms with Gasteiger partial charge in [0, 0.05) is 13.1 Å². The number of nitrogens with one attached hydrogen (secondary N) is 2. The van der Waals surface area contributed by atoms with Crippen molar-refractivity contribution >= 4 is 17.3 Å². The zero-order chi connectivity index (χ0) is 16.5. The molecule has 4 nitrogen and oxygen atoms in total. The SMILES string of the molecule is C=CCNC(=S)NCC(c1ccc(OC)cc1)N1CCCCC1. The Morgan fingerprint density at radius 2 is 1.96 bits per heavy atom. The number of ether oxygens (including phenoxy) is 1. The highest BCUT2D eigenvalue weighted by Crippen LogP contribution is 2.25. The lowest BCUT2D eigenvalue weighted by Crippen LogP contribution is -2.43. The molecular weight excluding hydrogens is 306 g/mol. The Morgan fingerprint density at radius 1 is 1.26 bits per heavy atom. The summed E-state index contributed by atoms with van der Waals surface area (Å²) in [5.74, 6) is 0.891. The van der Waals surface area contributed by atoms with Gasteiger partial charge in [-0.1, -0.05) is 24.6 Å². The lowest BCUT2D eigenvalue weighted by atomic mass is 10.0. The van der Waals surface area contributed by atoms with E-state index in [0.29, 0.717) is 17.7 Å². The number of hydrogen-bond acceptors (Lipinski definition) is 3. The molecule has 0 aliphatic carbocycles. The maximum absolute atomic E-state index is 5.32. The van der Waals surface area contributed by atoms with Crippen molar-refractivity contribution in [3.63, 3.8) is 0 Å². The molecule has 1 aromatic carbocycles.